The number of carboxylic acids is 1. The third kappa shape index (κ3) is 3.77. The second kappa shape index (κ2) is 3.76. The van der Waals surface area contributed by atoms with Crippen molar-refractivity contribution in [1.29, 1.82) is 5.41 Å². The van der Waals surface area contributed by atoms with Crippen LogP contribution in [0.3, 0.4) is 0 Å². The Bertz CT molecular complexity index is 184. The molecule has 0 aromatic heterocycles. The molecule has 0 rings (SSSR count). The standard InChI is InChI=1S/C6H10N2O2/c1-4(7)3-8-5(2)6(9)10/h7H,3H2,1-2H3,(H,9,10). The van der Waals surface area contributed by atoms with Gasteiger partial charge in [-0.2, -0.15) is 0 Å². The summed E-state index contributed by atoms with van der Waals surface area (Å²) in [5, 5.41) is 15.2. The lowest BCUT2D eigenvalue weighted by Gasteiger charge is -1.91. The van der Waals surface area contributed by atoms with Crippen molar-refractivity contribution in [2.24, 2.45) is 4.99 Å². The number of hydrogen-bond donors (Lipinski definition) is 2. The van der Waals surface area contributed by atoms with Gasteiger partial charge in [0.1, 0.15) is 5.71 Å². The summed E-state index contributed by atoms with van der Waals surface area (Å²) >= 11 is 0. The number of aliphatic carboxylic acids is 1. The summed E-state index contributed by atoms with van der Waals surface area (Å²) in [7, 11) is 0. The minimum Gasteiger partial charge on any atom is -0.477 e. The van der Waals surface area contributed by atoms with Crippen molar-refractivity contribution >= 4 is 17.4 Å². The summed E-state index contributed by atoms with van der Waals surface area (Å²) in [6.07, 6.45) is 0. The first-order valence-corrected chi connectivity index (χ1v) is 2.82. The average molecular weight is 142 g/mol. The highest BCUT2D eigenvalue weighted by molar-refractivity contribution is 6.34. The highest BCUT2D eigenvalue weighted by Gasteiger charge is 1.99. The van der Waals surface area contributed by atoms with Crippen LogP contribution in [0.25, 0.3) is 0 Å². The summed E-state index contributed by atoms with van der Waals surface area (Å²) < 4.78 is 0. The fraction of sp³-hybridized carbons (Fsp3) is 0.500. The fourth-order valence-corrected chi connectivity index (χ4v) is 0.305. The number of carbonyl (C=O) groups is 1. The maximum atomic E-state index is 10.1. The van der Waals surface area contributed by atoms with Gasteiger partial charge in [-0.1, -0.05) is 0 Å². The first-order chi connectivity index (χ1) is 4.54. The summed E-state index contributed by atoms with van der Waals surface area (Å²) in [5.41, 5.74) is 0.409. The Kier molecular flexibility index (Phi) is 3.32. The highest BCUT2D eigenvalue weighted by atomic mass is 16.4. The zero-order valence-electron chi connectivity index (χ0n) is 6.01. The Hall–Kier alpha value is -1.19. The molecule has 0 radical (unpaired) electrons. The molecule has 0 spiro atoms. The molecule has 0 atom stereocenters. The molecular formula is C6H10N2O2. The Morgan fingerprint density at radius 2 is 2.10 bits per heavy atom. The van der Waals surface area contributed by atoms with E-state index in [1.807, 2.05) is 0 Å². The van der Waals surface area contributed by atoms with Crippen molar-refractivity contribution in [3.05, 3.63) is 0 Å². The molecule has 4 heteroatoms. The maximum Gasteiger partial charge on any atom is 0.349 e. The van der Waals surface area contributed by atoms with E-state index in [2.05, 4.69) is 4.99 Å². The number of hydrogen-bond acceptors (Lipinski definition) is 3. The van der Waals surface area contributed by atoms with Crippen LogP contribution in [-0.4, -0.2) is 29.0 Å². The van der Waals surface area contributed by atoms with Gasteiger partial charge in [-0.05, 0) is 13.8 Å². The van der Waals surface area contributed by atoms with Crippen molar-refractivity contribution in [2.75, 3.05) is 6.54 Å². The molecule has 0 aliphatic heterocycles. The van der Waals surface area contributed by atoms with Crippen molar-refractivity contribution < 1.29 is 9.90 Å². The monoisotopic (exact) mass is 142 g/mol. The molecule has 0 fully saturated rings. The molecule has 0 saturated heterocycles. The van der Waals surface area contributed by atoms with E-state index in [1.165, 1.54) is 6.92 Å². The third-order valence-corrected chi connectivity index (χ3v) is 0.863. The van der Waals surface area contributed by atoms with Crippen molar-refractivity contribution in [3.63, 3.8) is 0 Å². The number of aliphatic imine (C=N–C) groups is 1. The SMILES string of the molecule is CC(=N)CN=C(C)C(=O)O. The molecule has 0 amide bonds. The van der Waals surface area contributed by atoms with Crippen LogP contribution in [0.15, 0.2) is 4.99 Å². The van der Waals surface area contributed by atoms with Gasteiger partial charge in [0.25, 0.3) is 0 Å². The first-order valence-electron chi connectivity index (χ1n) is 2.82. The number of rotatable bonds is 3. The van der Waals surface area contributed by atoms with Gasteiger partial charge in [0.15, 0.2) is 0 Å². The second-order valence-electron chi connectivity index (χ2n) is 1.99. The molecule has 4 nitrogen and oxygen atoms in total. The molecule has 0 aliphatic rings. The largest absolute Gasteiger partial charge is 0.477 e. The van der Waals surface area contributed by atoms with E-state index in [1.54, 1.807) is 6.92 Å². The van der Waals surface area contributed by atoms with E-state index in [0.29, 0.717) is 5.71 Å². The molecule has 56 valence electrons. The molecule has 0 bridgehead atoms. The number of nitrogens with zero attached hydrogens (tertiary/aromatic N) is 1. The molecule has 0 unspecified atom stereocenters. The van der Waals surface area contributed by atoms with Crippen LogP contribution in [0.2, 0.25) is 0 Å². The minimum absolute atomic E-state index is 0.0478. The predicted molar refractivity (Wildman–Crippen MR) is 39.0 cm³/mol. The zero-order valence-corrected chi connectivity index (χ0v) is 6.01. The molecule has 0 aliphatic carbocycles. The quantitative estimate of drug-likeness (QED) is 0.565. The van der Waals surface area contributed by atoms with Gasteiger partial charge in [-0.3, -0.25) is 4.99 Å². The first kappa shape index (κ1) is 8.81. The van der Waals surface area contributed by atoms with Gasteiger partial charge in [-0.15, -0.1) is 0 Å². The van der Waals surface area contributed by atoms with Crippen molar-refractivity contribution in [3.8, 4) is 0 Å². The number of carboxylic acid groups (broad SMARTS) is 1. The van der Waals surface area contributed by atoms with Crippen LogP contribution < -0.4 is 0 Å². The maximum absolute atomic E-state index is 10.1. The van der Waals surface area contributed by atoms with Crippen LogP contribution >= 0.6 is 0 Å². The Labute approximate surface area is 59.1 Å². The summed E-state index contributed by atoms with van der Waals surface area (Å²) in [6, 6.07) is 0. The van der Waals surface area contributed by atoms with Crippen LogP contribution in [0.5, 0.6) is 0 Å². The topological polar surface area (TPSA) is 73.5 Å². The van der Waals surface area contributed by atoms with Gasteiger partial charge >= 0.3 is 5.97 Å². The lowest BCUT2D eigenvalue weighted by atomic mass is 10.4. The van der Waals surface area contributed by atoms with Gasteiger partial charge in [0, 0.05) is 5.71 Å². The van der Waals surface area contributed by atoms with E-state index in [9.17, 15) is 4.79 Å². The summed E-state index contributed by atoms with van der Waals surface area (Å²) in [6.45, 7) is 3.17. The highest BCUT2D eigenvalue weighted by Crippen LogP contribution is 1.79. The normalized spacial score (nSPS) is 11.2. The average Bonchev–Trinajstić information content (AvgIpc) is 1.82. The molecule has 0 heterocycles. The van der Waals surface area contributed by atoms with Crippen LogP contribution in [0, 0.1) is 5.41 Å². The molecule has 0 aromatic rings. The summed E-state index contributed by atoms with van der Waals surface area (Å²) in [5.74, 6) is -1.03. The van der Waals surface area contributed by atoms with E-state index >= 15 is 0 Å². The number of nitrogens with one attached hydrogen (secondary N) is 1. The fourth-order valence-electron chi connectivity index (χ4n) is 0.305. The van der Waals surface area contributed by atoms with Crippen molar-refractivity contribution in [2.45, 2.75) is 13.8 Å². The van der Waals surface area contributed by atoms with Crippen LogP contribution in [0.1, 0.15) is 13.8 Å². The minimum atomic E-state index is -1.03. The second-order valence-corrected chi connectivity index (χ2v) is 1.99. The van der Waals surface area contributed by atoms with Crippen LogP contribution in [-0.2, 0) is 4.79 Å². The van der Waals surface area contributed by atoms with Gasteiger partial charge in [0.05, 0.1) is 6.54 Å². The van der Waals surface area contributed by atoms with E-state index in [4.69, 9.17) is 10.5 Å². The van der Waals surface area contributed by atoms with Gasteiger partial charge in [0.2, 0.25) is 0 Å². The lowest BCUT2D eigenvalue weighted by molar-refractivity contribution is -0.129. The van der Waals surface area contributed by atoms with Gasteiger partial charge in [-0.25, -0.2) is 4.79 Å². The summed E-state index contributed by atoms with van der Waals surface area (Å²) in [4.78, 5) is 13.7. The van der Waals surface area contributed by atoms with Gasteiger partial charge < -0.3 is 10.5 Å². The molecule has 10 heavy (non-hydrogen) atoms. The smallest absolute Gasteiger partial charge is 0.349 e. The van der Waals surface area contributed by atoms with E-state index in [0.717, 1.165) is 0 Å². The Balaban J connectivity index is 3.92. The Morgan fingerprint density at radius 3 is 2.40 bits per heavy atom. The lowest BCUT2D eigenvalue weighted by Crippen LogP contribution is -2.10. The molecule has 2 N–H and O–H groups in total. The Morgan fingerprint density at radius 1 is 1.60 bits per heavy atom. The van der Waals surface area contributed by atoms with E-state index < -0.39 is 5.97 Å². The molecular weight excluding hydrogens is 132 g/mol. The molecule has 0 saturated carbocycles. The zero-order chi connectivity index (χ0) is 8.15. The predicted octanol–water partition coefficient (Wildman–Crippen LogP) is 0.572. The third-order valence-electron chi connectivity index (χ3n) is 0.863. The van der Waals surface area contributed by atoms with Crippen LogP contribution in [0.4, 0.5) is 0 Å². The van der Waals surface area contributed by atoms with Crippen molar-refractivity contribution in [1.82, 2.24) is 0 Å². The van der Waals surface area contributed by atoms with E-state index in [-0.39, 0.29) is 12.3 Å². The molecule has 0 aromatic carbocycles.